The Morgan fingerprint density at radius 1 is 0.850 bits per heavy atom. The molecule has 1 heteroatoms. The van der Waals surface area contributed by atoms with E-state index in [0.717, 1.165) is 12.3 Å². The summed E-state index contributed by atoms with van der Waals surface area (Å²) in [7, 11) is 0. The number of nitrogens with one attached hydrogen (secondary N) is 1. The number of anilines is 1. The highest BCUT2D eigenvalue weighted by atomic mass is 14.9. The van der Waals surface area contributed by atoms with E-state index < -0.39 is 0 Å². The van der Waals surface area contributed by atoms with Crippen LogP contribution < -0.4 is 5.32 Å². The minimum atomic E-state index is 0.506. The third-order valence-corrected chi connectivity index (χ3v) is 3.48. The Bertz CT molecular complexity index is 516. The Morgan fingerprint density at radius 3 is 2.20 bits per heavy atom. The maximum absolute atomic E-state index is 3.66. The van der Waals surface area contributed by atoms with Gasteiger partial charge >= 0.3 is 0 Å². The van der Waals surface area contributed by atoms with Crippen molar-refractivity contribution >= 4 is 5.69 Å². The number of para-hydroxylation sites is 1. The SMILES string of the molecule is CC(C)CC(C)Nc1ccccc1Cc1ccccc1. The fourth-order valence-corrected chi connectivity index (χ4v) is 2.66. The molecule has 1 nitrogen and oxygen atoms in total. The molecule has 1 atom stereocenters. The van der Waals surface area contributed by atoms with Crippen molar-refractivity contribution in [2.45, 2.75) is 39.7 Å². The van der Waals surface area contributed by atoms with E-state index in [1.807, 2.05) is 0 Å². The van der Waals surface area contributed by atoms with Gasteiger partial charge < -0.3 is 5.32 Å². The highest BCUT2D eigenvalue weighted by molar-refractivity contribution is 5.53. The number of rotatable bonds is 6. The zero-order chi connectivity index (χ0) is 14.4. The van der Waals surface area contributed by atoms with E-state index in [-0.39, 0.29) is 0 Å². The van der Waals surface area contributed by atoms with Gasteiger partial charge in [0, 0.05) is 11.7 Å². The lowest BCUT2D eigenvalue weighted by molar-refractivity contribution is 0.539. The van der Waals surface area contributed by atoms with Crippen LogP contribution in [0, 0.1) is 5.92 Å². The first-order valence-corrected chi connectivity index (χ1v) is 7.53. The lowest BCUT2D eigenvalue weighted by Crippen LogP contribution is -2.18. The summed E-state index contributed by atoms with van der Waals surface area (Å²) in [6, 6.07) is 19.8. The third-order valence-electron chi connectivity index (χ3n) is 3.48. The van der Waals surface area contributed by atoms with Crippen LogP contribution in [-0.2, 0) is 6.42 Å². The molecule has 0 fully saturated rings. The monoisotopic (exact) mass is 267 g/mol. The molecule has 0 aliphatic carbocycles. The summed E-state index contributed by atoms with van der Waals surface area (Å²) in [5.74, 6) is 0.721. The van der Waals surface area contributed by atoms with Crippen LogP contribution in [0.15, 0.2) is 54.6 Å². The molecule has 0 aliphatic heterocycles. The zero-order valence-corrected chi connectivity index (χ0v) is 12.8. The smallest absolute Gasteiger partial charge is 0.0378 e. The van der Waals surface area contributed by atoms with E-state index in [9.17, 15) is 0 Å². The standard InChI is InChI=1S/C19H25N/c1-15(2)13-16(3)20-19-12-8-7-11-18(19)14-17-9-5-4-6-10-17/h4-12,15-16,20H,13-14H2,1-3H3. The van der Waals surface area contributed by atoms with Gasteiger partial charge in [-0.1, -0.05) is 62.4 Å². The first-order chi connectivity index (χ1) is 9.65. The van der Waals surface area contributed by atoms with E-state index in [2.05, 4.69) is 80.7 Å². The maximum Gasteiger partial charge on any atom is 0.0378 e. The molecule has 0 aromatic heterocycles. The predicted octanol–water partition coefficient (Wildman–Crippen LogP) is 5.12. The average Bonchev–Trinajstić information content (AvgIpc) is 2.41. The summed E-state index contributed by atoms with van der Waals surface area (Å²) < 4.78 is 0. The Balaban J connectivity index is 2.10. The molecule has 0 bridgehead atoms. The molecule has 106 valence electrons. The molecule has 1 unspecified atom stereocenters. The summed E-state index contributed by atoms with van der Waals surface area (Å²) in [6.07, 6.45) is 2.18. The molecular weight excluding hydrogens is 242 g/mol. The first kappa shape index (κ1) is 14.6. The average molecular weight is 267 g/mol. The van der Waals surface area contributed by atoms with Crippen molar-refractivity contribution in [1.29, 1.82) is 0 Å². The molecule has 2 aromatic carbocycles. The topological polar surface area (TPSA) is 12.0 Å². The molecule has 0 radical (unpaired) electrons. The summed E-state index contributed by atoms with van der Waals surface area (Å²) in [5, 5.41) is 3.66. The summed E-state index contributed by atoms with van der Waals surface area (Å²) in [6.45, 7) is 6.81. The van der Waals surface area contributed by atoms with Crippen molar-refractivity contribution in [3.8, 4) is 0 Å². The van der Waals surface area contributed by atoms with Gasteiger partial charge in [0.1, 0.15) is 0 Å². The van der Waals surface area contributed by atoms with E-state index in [4.69, 9.17) is 0 Å². The summed E-state index contributed by atoms with van der Waals surface area (Å²) in [5.41, 5.74) is 4.00. The van der Waals surface area contributed by atoms with Crippen LogP contribution in [0.5, 0.6) is 0 Å². The molecule has 20 heavy (non-hydrogen) atoms. The molecule has 0 saturated heterocycles. The third kappa shape index (κ3) is 4.41. The minimum absolute atomic E-state index is 0.506. The molecule has 2 aromatic rings. The Kier molecular flexibility index (Phi) is 5.23. The molecule has 2 rings (SSSR count). The van der Waals surface area contributed by atoms with E-state index >= 15 is 0 Å². The highest BCUT2D eigenvalue weighted by Gasteiger charge is 2.08. The summed E-state index contributed by atoms with van der Waals surface area (Å²) >= 11 is 0. The second-order valence-corrected chi connectivity index (χ2v) is 5.99. The maximum atomic E-state index is 3.66. The number of hydrogen-bond acceptors (Lipinski definition) is 1. The molecule has 0 spiro atoms. The number of benzene rings is 2. The van der Waals surface area contributed by atoms with E-state index in [1.54, 1.807) is 0 Å². The van der Waals surface area contributed by atoms with Crippen molar-refractivity contribution < 1.29 is 0 Å². The van der Waals surface area contributed by atoms with Crippen LogP contribution >= 0.6 is 0 Å². The Morgan fingerprint density at radius 2 is 1.50 bits per heavy atom. The van der Waals surface area contributed by atoms with Crippen LogP contribution in [0.4, 0.5) is 5.69 Å². The minimum Gasteiger partial charge on any atom is -0.382 e. The fraction of sp³-hybridized carbons (Fsp3) is 0.368. The van der Waals surface area contributed by atoms with Gasteiger partial charge in [0.05, 0.1) is 0 Å². The first-order valence-electron chi connectivity index (χ1n) is 7.53. The number of hydrogen-bond donors (Lipinski definition) is 1. The van der Waals surface area contributed by atoms with Crippen LogP contribution in [0.25, 0.3) is 0 Å². The molecular formula is C19H25N. The van der Waals surface area contributed by atoms with Crippen LogP contribution in [0.3, 0.4) is 0 Å². The van der Waals surface area contributed by atoms with Gasteiger partial charge in [-0.15, -0.1) is 0 Å². The molecule has 1 N–H and O–H groups in total. The van der Waals surface area contributed by atoms with Gasteiger partial charge in [0.15, 0.2) is 0 Å². The van der Waals surface area contributed by atoms with Gasteiger partial charge in [-0.05, 0) is 42.9 Å². The van der Waals surface area contributed by atoms with Crippen molar-refractivity contribution in [2.24, 2.45) is 5.92 Å². The van der Waals surface area contributed by atoms with E-state index in [0.29, 0.717) is 6.04 Å². The second-order valence-electron chi connectivity index (χ2n) is 5.99. The lowest BCUT2D eigenvalue weighted by atomic mass is 10.0. The second kappa shape index (κ2) is 7.14. The van der Waals surface area contributed by atoms with Crippen molar-refractivity contribution in [2.75, 3.05) is 5.32 Å². The summed E-state index contributed by atoms with van der Waals surface area (Å²) in [4.78, 5) is 0. The van der Waals surface area contributed by atoms with Crippen LogP contribution in [0.2, 0.25) is 0 Å². The van der Waals surface area contributed by atoms with Gasteiger partial charge in [0.2, 0.25) is 0 Å². The van der Waals surface area contributed by atoms with Crippen molar-refractivity contribution in [1.82, 2.24) is 0 Å². The Labute approximate surface area is 123 Å². The van der Waals surface area contributed by atoms with Gasteiger partial charge in [-0.25, -0.2) is 0 Å². The Hall–Kier alpha value is -1.76. The fourth-order valence-electron chi connectivity index (χ4n) is 2.66. The zero-order valence-electron chi connectivity index (χ0n) is 12.8. The van der Waals surface area contributed by atoms with Crippen molar-refractivity contribution in [3.05, 3.63) is 65.7 Å². The normalized spacial score (nSPS) is 12.4. The largest absolute Gasteiger partial charge is 0.382 e. The lowest BCUT2D eigenvalue weighted by Gasteiger charge is -2.19. The van der Waals surface area contributed by atoms with Crippen LogP contribution in [-0.4, -0.2) is 6.04 Å². The molecule has 0 aliphatic rings. The van der Waals surface area contributed by atoms with Gasteiger partial charge in [-0.2, -0.15) is 0 Å². The predicted molar refractivity (Wildman–Crippen MR) is 88.2 cm³/mol. The van der Waals surface area contributed by atoms with E-state index in [1.165, 1.54) is 23.2 Å². The molecule has 0 saturated carbocycles. The quantitative estimate of drug-likeness (QED) is 0.765. The van der Waals surface area contributed by atoms with Gasteiger partial charge in [-0.3, -0.25) is 0 Å². The van der Waals surface area contributed by atoms with Crippen LogP contribution in [0.1, 0.15) is 38.3 Å². The van der Waals surface area contributed by atoms with Gasteiger partial charge in [0.25, 0.3) is 0 Å². The molecule has 0 heterocycles. The van der Waals surface area contributed by atoms with Crippen molar-refractivity contribution in [3.63, 3.8) is 0 Å². The highest BCUT2D eigenvalue weighted by Crippen LogP contribution is 2.21. The molecule has 0 amide bonds.